The monoisotopic (exact) mass is 422 g/mol. The first kappa shape index (κ1) is 21.6. The smallest absolute Gasteiger partial charge is 0.344 e. The standard InChI is InChI=1S/C23H26N4O2S/c1-27(2)23-25-20(24-15-14-17-10-6-4-7-11-17)19(22(28)29-3)21(26-23)30-16-18-12-8-5-9-13-18/h4-13H,14-16H2,1-3H3,(H,24,25,26). The quantitative estimate of drug-likeness (QED) is 0.314. The highest BCUT2D eigenvalue weighted by Gasteiger charge is 2.23. The van der Waals surface area contributed by atoms with Crippen molar-refractivity contribution in [1.82, 2.24) is 9.97 Å². The minimum Gasteiger partial charge on any atom is -0.465 e. The molecule has 0 amide bonds. The molecular formula is C23H26N4O2S. The zero-order valence-electron chi connectivity index (χ0n) is 17.5. The van der Waals surface area contributed by atoms with Gasteiger partial charge in [-0.1, -0.05) is 60.7 Å². The first-order valence-corrected chi connectivity index (χ1v) is 10.7. The molecule has 0 saturated heterocycles. The summed E-state index contributed by atoms with van der Waals surface area (Å²) in [6.45, 7) is 0.640. The molecule has 3 aromatic rings. The number of benzene rings is 2. The molecule has 0 atom stereocenters. The predicted molar refractivity (Wildman–Crippen MR) is 122 cm³/mol. The number of esters is 1. The zero-order valence-corrected chi connectivity index (χ0v) is 18.3. The number of anilines is 2. The first-order valence-electron chi connectivity index (χ1n) is 9.70. The maximum absolute atomic E-state index is 12.6. The van der Waals surface area contributed by atoms with Crippen LogP contribution in [0.15, 0.2) is 65.7 Å². The summed E-state index contributed by atoms with van der Waals surface area (Å²) in [7, 11) is 5.14. The van der Waals surface area contributed by atoms with Crippen molar-refractivity contribution in [3.8, 4) is 0 Å². The van der Waals surface area contributed by atoms with E-state index in [1.54, 1.807) is 0 Å². The normalized spacial score (nSPS) is 10.5. The van der Waals surface area contributed by atoms with Crippen molar-refractivity contribution in [1.29, 1.82) is 0 Å². The van der Waals surface area contributed by atoms with Crippen LogP contribution in [-0.4, -0.2) is 43.7 Å². The van der Waals surface area contributed by atoms with Gasteiger partial charge in [0.05, 0.1) is 7.11 Å². The molecule has 0 fully saturated rings. The number of carbonyl (C=O) groups excluding carboxylic acids is 1. The van der Waals surface area contributed by atoms with Crippen LogP contribution in [0.2, 0.25) is 0 Å². The van der Waals surface area contributed by atoms with Gasteiger partial charge in [0, 0.05) is 26.4 Å². The van der Waals surface area contributed by atoms with Gasteiger partial charge in [0.25, 0.3) is 0 Å². The minimum atomic E-state index is -0.446. The van der Waals surface area contributed by atoms with Gasteiger partial charge in [-0.25, -0.2) is 9.78 Å². The molecule has 3 rings (SSSR count). The molecule has 0 bridgehead atoms. The Morgan fingerprint density at radius 3 is 2.23 bits per heavy atom. The lowest BCUT2D eigenvalue weighted by Crippen LogP contribution is -2.19. The van der Waals surface area contributed by atoms with Crippen LogP contribution in [0.25, 0.3) is 0 Å². The van der Waals surface area contributed by atoms with Gasteiger partial charge in [0.15, 0.2) is 0 Å². The van der Waals surface area contributed by atoms with E-state index in [0.717, 1.165) is 12.0 Å². The SMILES string of the molecule is COC(=O)c1c(NCCc2ccccc2)nc(N(C)C)nc1SCc1ccccc1. The molecule has 1 N–H and O–H groups in total. The highest BCUT2D eigenvalue weighted by molar-refractivity contribution is 7.98. The zero-order chi connectivity index (χ0) is 21.3. The fourth-order valence-electron chi connectivity index (χ4n) is 2.84. The van der Waals surface area contributed by atoms with Gasteiger partial charge in [-0.2, -0.15) is 4.98 Å². The number of methoxy groups -OCH3 is 1. The summed E-state index contributed by atoms with van der Waals surface area (Å²) in [5, 5.41) is 3.92. The Morgan fingerprint density at radius 1 is 1.00 bits per heavy atom. The summed E-state index contributed by atoms with van der Waals surface area (Å²) in [6, 6.07) is 20.3. The number of aromatic nitrogens is 2. The molecule has 0 spiro atoms. The average Bonchev–Trinajstić information content (AvgIpc) is 2.78. The van der Waals surface area contributed by atoms with Crippen LogP contribution in [0.4, 0.5) is 11.8 Å². The molecule has 1 heterocycles. The Balaban J connectivity index is 1.88. The fraction of sp³-hybridized carbons (Fsp3) is 0.261. The highest BCUT2D eigenvalue weighted by Crippen LogP contribution is 2.31. The lowest BCUT2D eigenvalue weighted by molar-refractivity contribution is 0.0596. The van der Waals surface area contributed by atoms with Crippen LogP contribution in [-0.2, 0) is 16.9 Å². The Hall–Kier alpha value is -3.06. The summed E-state index contributed by atoms with van der Waals surface area (Å²) in [4.78, 5) is 23.6. The molecule has 0 aliphatic rings. The number of ether oxygens (including phenoxy) is 1. The van der Waals surface area contributed by atoms with Crippen molar-refractivity contribution in [2.75, 3.05) is 38.0 Å². The molecule has 0 saturated carbocycles. The lowest BCUT2D eigenvalue weighted by atomic mass is 10.1. The maximum Gasteiger partial charge on any atom is 0.344 e. The third-order valence-electron chi connectivity index (χ3n) is 4.42. The minimum absolute atomic E-state index is 0.372. The van der Waals surface area contributed by atoms with E-state index < -0.39 is 5.97 Å². The largest absolute Gasteiger partial charge is 0.465 e. The van der Waals surface area contributed by atoms with Crippen molar-refractivity contribution < 1.29 is 9.53 Å². The maximum atomic E-state index is 12.6. The van der Waals surface area contributed by atoms with Crippen LogP contribution >= 0.6 is 11.8 Å². The Kier molecular flexibility index (Phi) is 7.68. The van der Waals surface area contributed by atoms with Crippen LogP contribution in [0, 0.1) is 0 Å². The van der Waals surface area contributed by atoms with Crippen molar-refractivity contribution in [3.05, 3.63) is 77.4 Å². The number of nitrogens with zero attached hydrogens (tertiary/aromatic N) is 3. The van der Waals surface area contributed by atoms with Gasteiger partial charge in [0.1, 0.15) is 16.4 Å². The van der Waals surface area contributed by atoms with E-state index in [0.29, 0.717) is 34.7 Å². The number of carbonyl (C=O) groups is 1. The van der Waals surface area contributed by atoms with E-state index in [9.17, 15) is 4.79 Å². The Morgan fingerprint density at radius 2 is 1.63 bits per heavy atom. The number of hydrogen-bond donors (Lipinski definition) is 1. The topological polar surface area (TPSA) is 67.3 Å². The molecule has 0 aliphatic carbocycles. The van der Waals surface area contributed by atoms with Crippen LogP contribution in [0.1, 0.15) is 21.5 Å². The second kappa shape index (κ2) is 10.6. The summed E-state index contributed by atoms with van der Waals surface area (Å²) < 4.78 is 5.05. The summed E-state index contributed by atoms with van der Waals surface area (Å²) >= 11 is 1.50. The van der Waals surface area contributed by atoms with Gasteiger partial charge in [0.2, 0.25) is 5.95 Å². The Bertz CT molecular complexity index is 966. The molecule has 30 heavy (non-hydrogen) atoms. The number of rotatable bonds is 9. The third-order valence-corrected chi connectivity index (χ3v) is 5.47. The number of hydrogen-bond acceptors (Lipinski definition) is 7. The first-order chi connectivity index (χ1) is 14.6. The number of thioether (sulfide) groups is 1. The van der Waals surface area contributed by atoms with E-state index in [1.807, 2.05) is 55.4 Å². The van der Waals surface area contributed by atoms with E-state index >= 15 is 0 Å². The second-order valence-corrected chi connectivity index (χ2v) is 7.84. The van der Waals surface area contributed by atoms with Crippen LogP contribution < -0.4 is 10.2 Å². The van der Waals surface area contributed by atoms with Crippen LogP contribution in [0.5, 0.6) is 0 Å². The van der Waals surface area contributed by atoms with Crippen molar-refractivity contribution in [2.45, 2.75) is 17.2 Å². The molecule has 0 unspecified atom stereocenters. The van der Waals surface area contributed by atoms with Crippen LogP contribution in [0.3, 0.4) is 0 Å². The summed E-state index contributed by atoms with van der Waals surface area (Å²) in [5.74, 6) is 1.28. The van der Waals surface area contributed by atoms with Gasteiger partial charge in [-0.3, -0.25) is 0 Å². The lowest BCUT2D eigenvalue weighted by Gasteiger charge is -2.18. The van der Waals surface area contributed by atoms with Crippen molar-refractivity contribution >= 4 is 29.5 Å². The average molecular weight is 423 g/mol. The van der Waals surface area contributed by atoms with Crippen molar-refractivity contribution in [2.24, 2.45) is 0 Å². The third kappa shape index (κ3) is 5.73. The molecule has 0 aliphatic heterocycles. The fourth-order valence-corrected chi connectivity index (χ4v) is 3.81. The number of nitrogens with one attached hydrogen (secondary N) is 1. The van der Waals surface area contributed by atoms with Crippen molar-refractivity contribution in [3.63, 3.8) is 0 Å². The molecule has 6 nitrogen and oxygen atoms in total. The Labute approximate surface area is 181 Å². The highest BCUT2D eigenvalue weighted by atomic mass is 32.2. The summed E-state index contributed by atoms with van der Waals surface area (Å²) in [6.07, 6.45) is 0.815. The van der Waals surface area contributed by atoms with E-state index in [-0.39, 0.29) is 0 Å². The summed E-state index contributed by atoms with van der Waals surface area (Å²) in [5.41, 5.74) is 2.74. The molecule has 156 valence electrons. The predicted octanol–water partition coefficient (Wildman–Crippen LogP) is 4.28. The van der Waals surface area contributed by atoms with E-state index in [1.165, 1.54) is 24.4 Å². The molecular weight excluding hydrogens is 396 g/mol. The van der Waals surface area contributed by atoms with Gasteiger partial charge in [-0.15, -0.1) is 11.8 Å². The van der Waals surface area contributed by atoms with E-state index in [4.69, 9.17) is 4.74 Å². The molecule has 1 aromatic heterocycles. The molecule has 7 heteroatoms. The van der Waals surface area contributed by atoms with Gasteiger partial charge < -0.3 is 15.0 Å². The van der Waals surface area contributed by atoms with Gasteiger partial charge >= 0.3 is 5.97 Å². The van der Waals surface area contributed by atoms with Gasteiger partial charge in [-0.05, 0) is 17.5 Å². The van der Waals surface area contributed by atoms with E-state index in [2.05, 4.69) is 39.6 Å². The molecule has 0 radical (unpaired) electrons. The molecule has 2 aromatic carbocycles. The second-order valence-electron chi connectivity index (χ2n) is 6.88.